The van der Waals surface area contributed by atoms with Crippen LogP contribution in [0.3, 0.4) is 0 Å². The molecule has 1 N–H and O–H groups in total. The van der Waals surface area contributed by atoms with Crippen molar-refractivity contribution in [1.82, 2.24) is 25.1 Å². The zero-order valence-electron chi connectivity index (χ0n) is 18.8. The molecule has 1 fully saturated rings. The molecule has 3 aromatic heterocycles. The van der Waals surface area contributed by atoms with Gasteiger partial charge in [-0.2, -0.15) is 9.78 Å². The predicted octanol–water partition coefficient (Wildman–Crippen LogP) is 3.20. The van der Waals surface area contributed by atoms with E-state index in [1.165, 1.54) is 29.3 Å². The van der Waals surface area contributed by atoms with Crippen molar-refractivity contribution < 1.29 is 22.0 Å². The fraction of sp³-hybridized carbons (Fsp3) is 0.250. The highest BCUT2D eigenvalue weighted by Gasteiger charge is 2.29. The van der Waals surface area contributed by atoms with Gasteiger partial charge in [-0.05, 0) is 61.2 Å². The van der Waals surface area contributed by atoms with Gasteiger partial charge in [-0.1, -0.05) is 0 Å². The molecule has 0 aliphatic carbocycles. The van der Waals surface area contributed by atoms with Crippen LogP contribution in [0.2, 0.25) is 0 Å². The van der Waals surface area contributed by atoms with E-state index in [-0.39, 0.29) is 41.3 Å². The summed E-state index contributed by atoms with van der Waals surface area (Å²) in [5, 5.41) is 7.18. The molecular formula is C24H22FN5O4S. The lowest BCUT2D eigenvalue weighted by Crippen LogP contribution is -2.30. The van der Waals surface area contributed by atoms with E-state index in [4.69, 9.17) is 4.42 Å². The number of sulfone groups is 1. The molecule has 1 saturated heterocycles. The lowest BCUT2D eigenvalue weighted by molar-refractivity contribution is 0.0949. The van der Waals surface area contributed by atoms with Crippen LogP contribution in [0.4, 0.5) is 4.39 Å². The van der Waals surface area contributed by atoms with E-state index in [2.05, 4.69) is 20.4 Å². The van der Waals surface area contributed by atoms with E-state index in [0.29, 0.717) is 29.1 Å². The number of furan rings is 1. The zero-order chi connectivity index (χ0) is 24.6. The lowest BCUT2D eigenvalue weighted by atomic mass is 10.1. The van der Waals surface area contributed by atoms with Gasteiger partial charge in [-0.25, -0.2) is 22.8 Å². The molecule has 0 spiro atoms. The number of aromatic nitrogens is 4. The van der Waals surface area contributed by atoms with E-state index >= 15 is 0 Å². The zero-order valence-corrected chi connectivity index (χ0v) is 19.6. The van der Waals surface area contributed by atoms with Gasteiger partial charge in [0.1, 0.15) is 11.5 Å². The van der Waals surface area contributed by atoms with Gasteiger partial charge in [-0.3, -0.25) is 4.79 Å². The van der Waals surface area contributed by atoms with Crippen molar-refractivity contribution in [3.8, 4) is 28.7 Å². The van der Waals surface area contributed by atoms with E-state index in [1.54, 1.807) is 30.5 Å². The smallest absolute Gasteiger partial charge is 0.255 e. The van der Waals surface area contributed by atoms with Crippen LogP contribution in [-0.4, -0.2) is 52.1 Å². The molecule has 1 unspecified atom stereocenters. The number of nitrogens with zero attached hydrogens (tertiary/aromatic N) is 4. The van der Waals surface area contributed by atoms with Gasteiger partial charge in [0.25, 0.3) is 11.9 Å². The molecule has 0 saturated carbocycles. The predicted molar refractivity (Wildman–Crippen MR) is 126 cm³/mol. The van der Waals surface area contributed by atoms with Crippen LogP contribution in [0.5, 0.6) is 0 Å². The van der Waals surface area contributed by atoms with E-state index in [0.717, 1.165) is 5.56 Å². The van der Waals surface area contributed by atoms with Gasteiger partial charge in [-0.15, -0.1) is 0 Å². The number of halogens is 1. The molecule has 1 aliphatic rings. The van der Waals surface area contributed by atoms with Crippen molar-refractivity contribution in [3.05, 3.63) is 72.0 Å². The second-order valence-electron chi connectivity index (χ2n) is 8.48. The third-order valence-corrected chi connectivity index (χ3v) is 7.75. The third-order valence-electron chi connectivity index (χ3n) is 5.91. The van der Waals surface area contributed by atoms with Crippen molar-refractivity contribution in [2.75, 3.05) is 18.1 Å². The maximum Gasteiger partial charge on any atom is 0.255 e. The number of benzene rings is 1. The Morgan fingerprint density at radius 1 is 1.23 bits per heavy atom. The van der Waals surface area contributed by atoms with E-state index in [1.807, 2.05) is 6.92 Å². The summed E-state index contributed by atoms with van der Waals surface area (Å²) >= 11 is 0. The number of hydrogen-bond acceptors (Lipinski definition) is 7. The van der Waals surface area contributed by atoms with Gasteiger partial charge in [0.15, 0.2) is 15.6 Å². The minimum atomic E-state index is -3.04. The molecule has 180 valence electrons. The normalized spacial score (nSPS) is 16.9. The number of rotatable bonds is 6. The summed E-state index contributed by atoms with van der Waals surface area (Å²) in [7, 11) is -3.04. The Morgan fingerprint density at radius 2 is 2.03 bits per heavy atom. The minimum absolute atomic E-state index is 0.0704. The molecule has 9 nitrogen and oxygen atoms in total. The van der Waals surface area contributed by atoms with Crippen molar-refractivity contribution >= 4 is 15.7 Å². The Morgan fingerprint density at radius 3 is 2.71 bits per heavy atom. The van der Waals surface area contributed by atoms with Crippen LogP contribution in [0, 0.1) is 18.7 Å². The van der Waals surface area contributed by atoms with Crippen LogP contribution in [0.25, 0.3) is 28.7 Å². The molecule has 4 heterocycles. The Labute approximate surface area is 200 Å². The molecule has 4 aromatic rings. The standard InChI is InChI=1S/C24H22FN5O4S/c1-15-11-27-24(29-21(15)17-4-6-18(25)7-5-17)30-22(20-3-2-9-34-20)19(13-28-30)23(31)26-12-16-8-10-35(32,33)14-16/h2-7,9,11,13,16H,8,10,12,14H2,1H3,(H,26,31). The molecule has 1 atom stereocenters. The first-order valence-electron chi connectivity index (χ1n) is 11.0. The summed E-state index contributed by atoms with van der Waals surface area (Å²) in [5.41, 5.74) is 2.71. The van der Waals surface area contributed by atoms with Crippen molar-refractivity contribution in [1.29, 1.82) is 0 Å². The second-order valence-corrected chi connectivity index (χ2v) is 10.7. The highest BCUT2D eigenvalue weighted by atomic mass is 32.2. The molecule has 0 radical (unpaired) electrons. The molecule has 35 heavy (non-hydrogen) atoms. The lowest BCUT2D eigenvalue weighted by Gasteiger charge is -2.11. The van der Waals surface area contributed by atoms with Gasteiger partial charge in [0, 0.05) is 18.3 Å². The summed E-state index contributed by atoms with van der Waals surface area (Å²) in [5.74, 6) is -0.0576. The van der Waals surface area contributed by atoms with Crippen LogP contribution in [-0.2, 0) is 9.84 Å². The first kappa shape index (κ1) is 22.9. The first-order valence-corrected chi connectivity index (χ1v) is 12.8. The highest BCUT2D eigenvalue weighted by Crippen LogP contribution is 2.28. The summed E-state index contributed by atoms with van der Waals surface area (Å²) in [6.07, 6.45) is 5.04. The van der Waals surface area contributed by atoms with Crippen LogP contribution in [0.1, 0.15) is 22.3 Å². The molecular weight excluding hydrogens is 473 g/mol. The third kappa shape index (κ3) is 4.72. The Bertz CT molecular complexity index is 1480. The van der Waals surface area contributed by atoms with Crippen molar-refractivity contribution in [2.45, 2.75) is 13.3 Å². The Hall–Kier alpha value is -3.86. The van der Waals surface area contributed by atoms with Crippen LogP contribution < -0.4 is 5.32 Å². The Balaban J connectivity index is 1.49. The fourth-order valence-electron chi connectivity index (χ4n) is 4.12. The number of carbonyl (C=O) groups is 1. The average molecular weight is 496 g/mol. The molecule has 1 aliphatic heterocycles. The molecule has 5 rings (SSSR count). The molecule has 1 aromatic carbocycles. The summed E-state index contributed by atoms with van der Waals surface area (Å²) in [4.78, 5) is 22.1. The molecule has 1 amide bonds. The van der Waals surface area contributed by atoms with E-state index in [9.17, 15) is 17.6 Å². The SMILES string of the molecule is Cc1cnc(-n2ncc(C(=O)NCC3CCS(=O)(=O)C3)c2-c2ccco2)nc1-c1ccc(F)cc1. The van der Waals surface area contributed by atoms with Gasteiger partial charge in [0.05, 0.1) is 35.2 Å². The average Bonchev–Trinajstić information content (AvgIpc) is 3.58. The minimum Gasteiger partial charge on any atom is -0.463 e. The summed E-state index contributed by atoms with van der Waals surface area (Å²) in [6.45, 7) is 2.09. The first-order chi connectivity index (χ1) is 16.8. The van der Waals surface area contributed by atoms with Crippen LogP contribution >= 0.6 is 0 Å². The second kappa shape index (κ2) is 9.06. The summed E-state index contributed by atoms with van der Waals surface area (Å²) < 4.78 is 43.8. The maximum absolute atomic E-state index is 13.4. The monoisotopic (exact) mass is 495 g/mol. The Kier molecular flexibility index (Phi) is 5.93. The van der Waals surface area contributed by atoms with E-state index < -0.39 is 15.7 Å². The topological polar surface area (TPSA) is 120 Å². The van der Waals surface area contributed by atoms with Gasteiger partial charge < -0.3 is 9.73 Å². The number of aryl methyl sites for hydroxylation is 1. The number of hydrogen-bond donors (Lipinski definition) is 1. The van der Waals surface area contributed by atoms with Crippen LogP contribution in [0.15, 0.2) is 59.5 Å². The maximum atomic E-state index is 13.4. The number of amides is 1. The molecule has 0 bridgehead atoms. The highest BCUT2D eigenvalue weighted by molar-refractivity contribution is 7.91. The van der Waals surface area contributed by atoms with Gasteiger partial charge in [0.2, 0.25) is 0 Å². The summed E-state index contributed by atoms with van der Waals surface area (Å²) in [6, 6.07) is 9.37. The van der Waals surface area contributed by atoms with Gasteiger partial charge >= 0.3 is 0 Å². The van der Waals surface area contributed by atoms with Crippen molar-refractivity contribution in [3.63, 3.8) is 0 Å². The number of nitrogens with one attached hydrogen (secondary N) is 1. The van der Waals surface area contributed by atoms with Crippen molar-refractivity contribution in [2.24, 2.45) is 5.92 Å². The quantitative estimate of drug-likeness (QED) is 0.436. The number of carbonyl (C=O) groups excluding carboxylic acids is 1. The molecule has 11 heteroatoms. The largest absolute Gasteiger partial charge is 0.463 e. The fourth-order valence-corrected chi connectivity index (χ4v) is 5.98.